The first kappa shape index (κ1) is 12.1. The summed E-state index contributed by atoms with van der Waals surface area (Å²) < 4.78 is 0. The normalized spacial score (nSPS) is 16.1. The van der Waals surface area contributed by atoms with Crippen LogP contribution in [-0.2, 0) is 17.9 Å². The lowest BCUT2D eigenvalue weighted by Gasteiger charge is -2.21. The molecular formula is C14H20N2O. The Bertz CT molecular complexity index is 389. The Hall–Kier alpha value is -1.35. The van der Waals surface area contributed by atoms with Gasteiger partial charge in [-0.2, -0.15) is 0 Å². The molecule has 0 aromatic heterocycles. The lowest BCUT2D eigenvalue weighted by Crippen LogP contribution is -2.41. The lowest BCUT2D eigenvalue weighted by molar-refractivity contribution is -0.133. The molecule has 0 radical (unpaired) electrons. The number of fused-ring (bicyclic) bond motifs is 1. The molecule has 1 aromatic carbocycles. The van der Waals surface area contributed by atoms with E-state index in [1.165, 1.54) is 11.1 Å². The summed E-state index contributed by atoms with van der Waals surface area (Å²) in [6.45, 7) is 5.60. The predicted molar refractivity (Wildman–Crippen MR) is 68.1 cm³/mol. The molecule has 0 spiro atoms. The summed E-state index contributed by atoms with van der Waals surface area (Å²) in [5.41, 5.74) is 8.44. The number of benzene rings is 1. The van der Waals surface area contributed by atoms with Crippen LogP contribution in [-0.4, -0.2) is 16.8 Å². The van der Waals surface area contributed by atoms with Gasteiger partial charge in [0.1, 0.15) is 0 Å². The molecule has 17 heavy (non-hydrogen) atoms. The summed E-state index contributed by atoms with van der Waals surface area (Å²) in [4.78, 5) is 14.0. The van der Waals surface area contributed by atoms with Crippen LogP contribution in [0.1, 0.15) is 31.4 Å². The van der Waals surface area contributed by atoms with E-state index in [9.17, 15) is 4.79 Å². The van der Waals surface area contributed by atoms with E-state index in [-0.39, 0.29) is 11.9 Å². The summed E-state index contributed by atoms with van der Waals surface area (Å²) in [6.07, 6.45) is 0.756. The molecular weight excluding hydrogens is 212 g/mol. The number of amides is 1. The van der Waals surface area contributed by atoms with Crippen LogP contribution in [0.4, 0.5) is 0 Å². The maximum Gasteiger partial charge on any atom is 0.240 e. The highest BCUT2D eigenvalue weighted by Crippen LogP contribution is 2.23. The highest BCUT2D eigenvalue weighted by molar-refractivity contribution is 5.82. The van der Waals surface area contributed by atoms with Crippen molar-refractivity contribution in [3.05, 3.63) is 35.4 Å². The van der Waals surface area contributed by atoms with Crippen LogP contribution in [0.15, 0.2) is 24.3 Å². The predicted octanol–water partition coefficient (Wildman–Crippen LogP) is 1.90. The Morgan fingerprint density at radius 3 is 2.29 bits per heavy atom. The number of carbonyl (C=O) groups is 1. The largest absolute Gasteiger partial charge is 0.333 e. The highest BCUT2D eigenvalue weighted by Gasteiger charge is 2.26. The first-order valence-corrected chi connectivity index (χ1v) is 6.19. The van der Waals surface area contributed by atoms with Crippen molar-refractivity contribution in [2.75, 3.05) is 0 Å². The highest BCUT2D eigenvalue weighted by atomic mass is 16.2. The molecule has 0 fully saturated rings. The third-order valence-electron chi connectivity index (χ3n) is 3.20. The van der Waals surface area contributed by atoms with E-state index in [0.717, 1.165) is 6.42 Å². The number of rotatable bonds is 3. The molecule has 1 aromatic rings. The van der Waals surface area contributed by atoms with Crippen molar-refractivity contribution in [2.45, 2.75) is 39.4 Å². The first-order chi connectivity index (χ1) is 8.08. The molecule has 1 aliphatic rings. The third-order valence-corrected chi connectivity index (χ3v) is 3.20. The van der Waals surface area contributed by atoms with Gasteiger partial charge >= 0.3 is 0 Å². The van der Waals surface area contributed by atoms with Gasteiger partial charge in [0.05, 0.1) is 6.04 Å². The van der Waals surface area contributed by atoms with Gasteiger partial charge in [-0.3, -0.25) is 4.79 Å². The van der Waals surface area contributed by atoms with E-state index in [0.29, 0.717) is 19.0 Å². The Kier molecular flexibility index (Phi) is 3.48. The molecule has 1 atom stereocenters. The Labute approximate surface area is 103 Å². The Balaban J connectivity index is 2.01. The van der Waals surface area contributed by atoms with Crippen LogP contribution in [0.2, 0.25) is 0 Å². The lowest BCUT2D eigenvalue weighted by atomic mass is 10.0. The van der Waals surface area contributed by atoms with Crippen molar-refractivity contribution in [3.63, 3.8) is 0 Å². The maximum absolute atomic E-state index is 12.2. The number of carbonyl (C=O) groups excluding carboxylic acids is 1. The second kappa shape index (κ2) is 4.88. The quantitative estimate of drug-likeness (QED) is 0.865. The first-order valence-electron chi connectivity index (χ1n) is 6.19. The molecule has 1 amide bonds. The molecule has 0 saturated carbocycles. The average molecular weight is 232 g/mol. The minimum Gasteiger partial charge on any atom is -0.333 e. The number of hydrogen-bond donors (Lipinski definition) is 1. The number of nitrogens with zero attached hydrogens (tertiary/aromatic N) is 1. The monoisotopic (exact) mass is 232 g/mol. The van der Waals surface area contributed by atoms with Crippen LogP contribution in [0, 0.1) is 5.92 Å². The topological polar surface area (TPSA) is 46.3 Å². The zero-order valence-electron chi connectivity index (χ0n) is 10.5. The summed E-state index contributed by atoms with van der Waals surface area (Å²) in [5, 5.41) is 0. The molecule has 0 saturated heterocycles. The Morgan fingerprint density at radius 2 is 1.82 bits per heavy atom. The molecule has 0 aliphatic carbocycles. The fraction of sp³-hybridized carbons (Fsp3) is 0.500. The summed E-state index contributed by atoms with van der Waals surface area (Å²) in [5.74, 6) is 0.536. The fourth-order valence-corrected chi connectivity index (χ4v) is 2.33. The standard InChI is InChI=1S/C14H20N2O/c1-10(2)7-13(15)14(17)16-8-11-5-3-4-6-12(11)9-16/h3-6,10,13H,7-9,15H2,1-2H3/t13-/m0/s1. The smallest absolute Gasteiger partial charge is 0.240 e. The van der Waals surface area contributed by atoms with E-state index >= 15 is 0 Å². The van der Waals surface area contributed by atoms with Gasteiger partial charge in [0.25, 0.3) is 0 Å². The van der Waals surface area contributed by atoms with Crippen LogP contribution in [0.3, 0.4) is 0 Å². The van der Waals surface area contributed by atoms with Crippen LogP contribution in [0.5, 0.6) is 0 Å². The van der Waals surface area contributed by atoms with Gasteiger partial charge in [0.15, 0.2) is 0 Å². The summed E-state index contributed by atoms with van der Waals surface area (Å²) in [6, 6.07) is 7.83. The molecule has 0 bridgehead atoms. The van der Waals surface area contributed by atoms with Crippen LogP contribution >= 0.6 is 0 Å². The van der Waals surface area contributed by atoms with Gasteiger partial charge in [0.2, 0.25) is 5.91 Å². The number of nitrogens with two attached hydrogens (primary N) is 1. The molecule has 1 aliphatic heterocycles. The minimum atomic E-state index is -0.357. The minimum absolute atomic E-state index is 0.0786. The van der Waals surface area contributed by atoms with E-state index in [2.05, 4.69) is 26.0 Å². The van der Waals surface area contributed by atoms with Gasteiger partial charge in [-0.1, -0.05) is 38.1 Å². The van der Waals surface area contributed by atoms with E-state index < -0.39 is 0 Å². The van der Waals surface area contributed by atoms with E-state index in [1.54, 1.807) is 0 Å². The summed E-state index contributed by atoms with van der Waals surface area (Å²) >= 11 is 0. The molecule has 3 heteroatoms. The molecule has 0 unspecified atom stereocenters. The van der Waals surface area contributed by atoms with Crippen LogP contribution in [0.25, 0.3) is 0 Å². The zero-order chi connectivity index (χ0) is 12.4. The van der Waals surface area contributed by atoms with Crippen LogP contribution < -0.4 is 5.73 Å². The average Bonchev–Trinajstić information content (AvgIpc) is 2.70. The number of hydrogen-bond acceptors (Lipinski definition) is 2. The van der Waals surface area contributed by atoms with E-state index in [4.69, 9.17) is 5.73 Å². The molecule has 2 N–H and O–H groups in total. The van der Waals surface area contributed by atoms with Gasteiger partial charge < -0.3 is 10.6 Å². The molecule has 92 valence electrons. The summed E-state index contributed by atoms with van der Waals surface area (Å²) in [7, 11) is 0. The van der Waals surface area contributed by atoms with Crippen molar-refractivity contribution in [1.82, 2.24) is 4.90 Å². The van der Waals surface area contributed by atoms with Crippen molar-refractivity contribution >= 4 is 5.91 Å². The second-order valence-electron chi connectivity index (χ2n) is 5.20. The van der Waals surface area contributed by atoms with Gasteiger partial charge in [0, 0.05) is 13.1 Å². The van der Waals surface area contributed by atoms with Crippen molar-refractivity contribution in [2.24, 2.45) is 11.7 Å². The fourth-order valence-electron chi connectivity index (χ4n) is 2.33. The SMILES string of the molecule is CC(C)C[C@H](N)C(=O)N1Cc2ccccc2C1. The van der Waals surface area contributed by atoms with Crippen molar-refractivity contribution < 1.29 is 4.79 Å². The zero-order valence-corrected chi connectivity index (χ0v) is 10.5. The molecule has 3 nitrogen and oxygen atoms in total. The van der Waals surface area contributed by atoms with Gasteiger partial charge in [-0.15, -0.1) is 0 Å². The molecule has 2 rings (SSSR count). The maximum atomic E-state index is 12.2. The van der Waals surface area contributed by atoms with Crippen molar-refractivity contribution in [1.29, 1.82) is 0 Å². The van der Waals surface area contributed by atoms with Gasteiger partial charge in [-0.25, -0.2) is 0 Å². The Morgan fingerprint density at radius 1 is 1.29 bits per heavy atom. The van der Waals surface area contributed by atoms with Gasteiger partial charge in [-0.05, 0) is 23.5 Å². The van der Waals surface area contributed by atoms with Crippen molar-refractivity contribution in [3.8, 4) is 0 Å². The molecule has 1 heterocycles. The van der Waals surface area contributed by atoms with E-state index in [1.807, 2.05) is 17.0 Å². The third kappa shape index (κ3) is 2.67. The second-order valence-corrected chi connectivity index (χ2v) is 5.20.